The van der Waals surface area contributed by atoms with Crippen LogP contribution in [0.25, 0.3) is 6.08 Å². The van der Waals surface area contributed by atoms with Crippen LogP contribution in [0.2, 0.25) is 0 Å². The molecular weight excluding hydrogens is 636 g/mol. The maximum atomic E-state index is 14.7. The second-order valence-electron chi connectivity index (χ2n) is 15.2. The summed E-state index contributed by atoms with van der Waals surface area (Å²) in [6, 6.07) is 5.69. The lowest BCUT2D eigenvalue weighted by Crippen LogP contribution is -2.70. The normalized spacial score (nSPS) is 32.4. The Labute approximate surface area is 286 Å². The second-order valence-corrected chi connectivity index (χ2v) is 15.2. The molecule has 0 spiro atoms. The Hall–Kier alpha value is -3.07. The van der Waals surface area contributed by atoms with E-state index >= 15 is 0 Å². The fourth-order valence-electron chi connectivity index (χ4n) is 8.13. The number of amides is 1. The predicted molar refractivity (Wildman–Crippen MR) is 172 cm³/mol. The minimum atomic E-state index is -1.41. The molecule has 6 fully saturated rings. The molecule has 3 N–H and O–H groups in total. The number of esters is 2. The van der Waals surface area contributed by atoms with Crippen molar-refractivity contribution in [2.45, 2.75) is 120 Å². The van der Waals surface area contributed by atoms with E-state index in [0.29, 0.717) is 0 Å². The van der Waals surface area contributed by atoms with Gasteiger partial charge in [0.05, 0.1) is 32.1 Å². The van der Waals surface area contributed by atoms with Crippen molar-refractivity contribution in [1.29, 1.82) is 0 Å². The summed E-state index contributed by atoms with van der Waals surface area (Å²) in [5, 5.41) is 23.9. The number of nitrogens with zero attached hydrogens (tertiary/aromatic N) is 1. The van der Waals surface area contributed by atoms with Crippen LogP contribution in [0.5, 0.6) is 0 Å². The highest BCUT2D eigenvalue weighted by Gasteiger charge is 2.78. The van der Waals surface area contributed by atoms with Gasteiger partial charge < -0.3 is 39.2 Å². The summed E-state index contributed by atoms with van der Waals surface area (Å²) in [6.07, 6.45) is 4.72. The highest BCUT2D eigenvalue weighted by Crippen LogP contribution is 2.63. The number of benzene rings is 1. The van der Waals surface area contributed by atoms with Crippen molar-refractivity contribution in [2.75, 3.05) is 19.8 Å². The van der Waals surface area contributed by atoms with Gasteiger partial charge in [-0.2, -0.15) is 5.06 Å². The maximum Gasteiger partial charge on any atom is 0.327 e. The summed E-state index contributed by atoms with van der Waals surface area (Å²) in [6.45, 7) is 5.12. The number of aliphatic hydroxyl groups is 2. The van der Waals surface area contributed by atoms with Gasteiger partial charge in [0.25, 0.3) is 0 Å². The van der Waals surface area contributed by atoms with Crippen molar-refractivity contribution in [2.24, 2.45) is 17.3 Å². The average Bonchev–Trinajstić information content (AvgIpc) is 4.00. The Morgan fingerprint density at radius 3 is 2.49 bits per heavy atom. The molecule has 3 saturated carbocycles. The van der Waals surface area contributed by atoms with Crippen LogP contribution >= 0.6 is 0 Å². The molecule has 0 radical (unpaired) electrons. The van der Waals surface area contributed by atoms with E-state index in [-0.39, 0.29) is 50.9 Å². The first-order chi connectivity index (χ1) is 23.5. The lowest BCUT2D eigenvalue weighted by atomic mass is 9.62. The van der Waals surface area contributed by atoms with Crippen molar-refractivity contribution >= 4 is 23.9 Å². The monoisotopic (exact) mass is 684 g/mol. The fourth-order valence-corrected chi connectivity index (χ4v) is 8.13. The maximum absolute atomic E-state index is 14.7. The quantitative estimate of drug-likeness (QED) is 0.149. The summed E-state index contributed by atoms with van der Waals surface area (Å²) >= 11 is 0. The van der Waals surface area contributed by atoms with E-state index in [1.54, 1.807) is 31.9 Å². The summed E-state index contributed by atoms with van der Waals surface area (Å²) in [5.41, 5.74) is -0.458. The standard InChI is InChI=1S/C36H48N2O11/c1-34(2,3)46-27(41)13-12-25(20-40)37-33(43)35-18-26-28-29(48-36(47-28,23-8-9-23)24-10-11-24)31(35)49-38(30(35)32(42)45-26)19-22-7-5-4-6-21(22)14-16-44-17-15-39/h4-7,14,16,23-26,28-31,39-40H,8-13,15,17-20H2,1-3H3,(H,37,43)/t25-,26+,28-,29-,30-,31+,35-/m0/s1. The number of aliphatic hydroxyl groups excluding tert-OH is 2. The molecule has 3 aliphatic carbocycles. The van der Waals surface area contributed by atoms with Gasteiger partial charge in [-0.25, -0.2) is 0 Å². The smallest absolute Gasteiger partial charge is 0.327 e. The second kappa shape index (κ2) is 13.2. The van der Waals surface area contributed by atoms with E-state index < -0.39 is 77.8 Å². The number of hydroxylamine groups is 2. The van der Waals surface area contributed by atoms with Crippen molar-refractivity contribution < 1.29 is 53.1 Å². The summed E-state index contributed by atoms with van der Waals surface area (Å²) < 4.78 is 30.6. The molecule has 0 unspecified atom stereocenters. The molecule has 1 aromatic carbocycles. The van der Waals surface area contributed by atoms with Gasteiger partial charge in [-0.3, -0.25) is 19.2 Å². The molecule has 7 rings (SSSR count). The molecular formula is C36H48N2O11. The van der Waals surface area contributed by atoms with Crippen molar-refractivity contribution in [3.8, 4) is 0 Å². The molecule has 1 aromatic rings. The first-order valence-corrected chi connectivity index (χ1v) is 17.6. The number of rotatable bonds is 14. The Bertz CT molecular complexity index is 1440. The van der Waals surface area contributed by atoms with Crippen LogP contribution in [-0.2, 0) is 49.5 Å². The number of ether oxygens (including phenoxy) is 5. The molecule has 6 aliphatic rings. The van der Waals surface area contributed by atoms with Crippen molar-refractivity contribution in [3.63, 3.8) is 0 Å². The zero-order chi connectivity index (χ0) is 34.6. The highest BCUT2D eigenvalue weighted by atomic mass is 16.8. The zero-order valence-corrected chi connectivity index (χ0v) is 28.4. The van der Waals surface area contributed by atoms with Crippen LogP contribution in [0.15, 0.2) is 30.5 Å². The molecule has 268 valence electrons. The summed E-state index contributed by atoms with van der Waals surface area (Å²) in [4.78, 5) is 47.9. The molecule has 1 amide bonds. The number of nitrogens with one attached hydrogen (secondary N) is 1. The van der Waals surface area contributed by atoms with Gasteiger partial charge in [-0.15, -0.1) is 0 Å². The Kier molecular flexibility index (Phi) is 9.29. The van der Waals surface area contributed by atoms with Crippen LogP contribution in [0.3, 0.4) is 0 Å². The molecule has 0 aromatic heterocycles. The largest absolute Gasteiger partial charge is 0.499 e. The lowest BCUT2D eigenvalue weighted by molar-refractivity contribution is -0.235. The molecule has 13 nitrogen and oxygen atoms in total. The molecule has 49 heavy (non-hydrogen) atoms. The molecule has 3 heterocycles. The highest BCUT2D eigenvalue weighted by molar-refractivity contribution is 5.93. The van der Waals surface area contributed by atoms with Gasteiger partial charge in [-0.05, 0) is 70.1 Å². The van der Waals surface area contributed by atoms with E-state index in [4.69, 9.17) is 33.6 Å². The van der Waals surface area contributed by atoms with Gasteiger partial charge in [-0.1, -0.05) is 24.3 Å². The van der Waals surface area contributed by atoms with E-state index in [0.717, 1.165) is 36.8 Å². The number of fused-ring (bicyclic) bond motifs is 4. The third-order valence-electron chi connectivity index (χ3n) is 10.5. The van der Waals surface area contributed by atoms with Gasteiger partial charge in [0, 0.05) is 24.7 Å². The van der Waals surface area contributed by atoms with Crippen LogP contribution in [0.1, 0.15) is 76.8 Å². The minimum Gasteiger partial charge on any atom is -0.499 e. The average molecular weight is 685 g/mol. The lowest BCUT2D eigenvalue weighted by Gasteiger charge is -2.49. The van der Waals surface area contributed by atoms with Crippen LogP contribution in [-0.4, -0.2) is 101 Å². The third kappa shape index (κ3) is 6.49. The van der Waals surface area contributed by atoms with E-state index in [2.05, 4.69) is 5.32 Å². The topological polar surface area (TPSA) is 162 Å². The predicted octanol–water partition coefficient (Wildman–Crippen LogP) is 2.37. The molecule has 2 bridgehead atoms. The number of carbonyl (C=O) groups is 3. The summed E-state index contributed by atoms with van der Waals surface area (Å²) in [5.74, 6) is -1.76. The van der Waals surface area contributed by atoms with E-state index in [1.807, 2.05) is 24.3 Å². The third-order valence-corrected chi connectivity index (χ3v) is 10.5. The molecule has 3 aliphatic heterocycles. The van der Waals surface area contributed by atoms with Gasteiger partial charge >= 0.3 is 11.9 Å². The Balaban J connectivity index is 1.19. The summed E-state index contributed by atoms with van der Waals surface area (Å²) in [7, 11) is 0. The number of carbonyl (C=O) groups excluding carboxylic acids is 3. The Morgan fingerprint density at radius 1 is 1.10 bits per heavy atom. The molecule has 3 saturated heterocycles. The van der Waals surface area contributed by atoms with Crippen LogP contribution in [0, 0.1) is 17.3 Å². The van der Waals surface area contributed by atoms with Gasteiger partial charge in [0.15, 0.2) is 11.8 Å². The first-order valence-electron chi connectivity index (χ1n) is 17.6. The number of hydrogen-bond donors (Lipinski definition) is 3. The van der Waals surface area contributed by atoms with Crippen molar-refractivity contribution in [3.05, 3.63) is 41.7 Å². The zero-order valence-electron chi connectivity index (χ0n) is 28.4. The van der Waals surface area contributed by atoms with Crippen LogP contribution in [0.4, 0.5) is 0 Å². The fraction of sp³-hybridized carbons (Fsp3) is 0.694. The van der Waals surface area contributed by atoms with E-state index in [9.17, 15) is 19.5 Å². The van der Waals surface area contributed by atoms with Gasteiger partial charge in [0.1, 0.15) is 42.0 Å². The van der Waals surface area contributed by atoms with E-state index in [1.165, 1.54) is 6.26 Å². The Morgan fingerprint density at radius 2 is 1.82 bits per heavy atom. The van der Waals surface area contributed by atoms with Gasteiger partial charge in [0.2, 0.25) is 5.91 Å². The SMILES string of the molecule is CC(C)(C)OC(=O)CC[C@@H](CO)NC(=O)[C@@]12C[C@H]3OC(=O)[C@@H]1N(Cc1ccccc1C=COCCO)O[C@@H]2[C@H]1OC(C2CC2)(C2CC2)O[C@H]13. The van der Waals surface area contributed by atoms with Crippen LogP contribution < -0.4 is 5.32 Å². The molecule has 7 atom stereocenters. The number of hydrogen-bond acceptors (Lipinski definition) is 12. The van der Waals surface area contributed by atoms with Crippen molar-refractivity contribution in [1.82, 2.24) is 10.4 Å². The first kappa shape index (κ1) is 34.4. The minimum absolute atomic E-state index is 0.00477. The molecule has 13 heteroatoms.